The van der Waals surface area contributed by atoms with E-state index in [0.29, 0.717) is 25.0 Å². The van der Waals surface area contributed by atoms with Crippen LogP contribution in [0.15, 0.2) is 66.9 Å². The molecule has 3 rings (SSSR count). The highest BCUT2D eigenvalue weighted by Crippen LogP contribution is 2.21. The third-order valence-electron chi connectivity index (χ3n) is 5.60. The van der Waals surface area contributed by atoms with Crippen molar-refractivity contribution in [1.82, 2.24) is 9.47 Å². The lowest BCUT2D eigenvalue weighted by Gasteiger charge is -2.32. The van der Waals surface area contributed by atoms with Gasteiger partial charge in [0.05, 0.1) is 4.92 Å². The maximum absolute atomic E-state index is 13.2. The summed E-state index contributed by atoms with van der Waals surface area (Å²) in [5.41, 5.74) is 3.23. The summed E-state index contributed by atoms with van der Waals surface area (Å²) in [6.45, 7) is 8.57. The molecule has 158 valence electrons. The number of halogens is 1. The maximum Gasteiger partial charge on any atom is 0.269 e. The molecule has 0 amide bonds. The molecule has 0 saturated carbocycles. The Balaban J connectivity index is 1.81. The Bertz CT molecular complexity index is 982. The topological polar surface area (TPSA) is 51.3 Å². The van der Waals surface area contributed by atoms with Crippen LogP contribution in [0.4, 0.5) is 10.1 Å². The van der Waals surface area contributed by atoms with Crippen molar-refractivity contribution in [1.29, 1.82) is 0 Å². The van der Waals surface area contributed by atoms with Crippen molar-refractivity contribution in [2.75, 3.05) is 0 Å². The van der Waals surface area contributed by atoms with Crippen molar-refractivity contribution in [3.8, 4) is 0 Å². The van der Waals surface area contributed by atoms with Crippen LogP contribution in [0, 0.1) is 21.8 Å². The molecule has 0 aliphatic heterocycles. The second kappa shape index (κ2) is 9.67. The Hall–Kier alpha value is -2.99. The van der Waals surface area contributed by atoms with Gasteiger partial charge in [-0.3, -0.25) is 15.0 Å². The van der Waals surface area contributed by atoms with Gasteiger partial charge in [0.2, 0.25) is 0 Å². The van der Waals surface area contributed by atoms with Gasteiger partial charge >= 0.3 is 0 Å². The molecular weight excluding hydrogens is 381 g/mol. The Morgan fingerprint density at radius 1 is 1.00 bits per heavy atom. The van der Waals surface area contributed by atoms with Crippen LogP contribution in [0.2, 0.25) is 0 Å². The van der Waals surface area contributed by atoms with Crippen LogP contribution in [0.1, 0.15) is 37.6 Å². The van der Waals surface area contributed by atoms with E-state index < -0.39 is 0 Å². The first kappa shape index (κ1) is 21.7. The van der Waals surface area contributed by atoms with E-state index in [1.54, 1.807) is 24.3 Å². The van der Waals surface area contributed by atoms with Crippen molar-refractivity contribution in [2.24, 2.45) is 5.92 Å². The van der Waals surface area contributed by atoms with Gasteiger partial charge in [0, 0.05) is 49.7 Å². The summed E-state index contributed by atoms with van der Waals surface area (Å²) in [5.74, 6) is 0.199. The van der Waals surface area contributed by atoms with E-state index in [1.807, 2.05) is 18.3 Å². The first-order valence-electron chi connectivity index (χ1n) is 10.2. The van der Waals surface area contributed by atoms with Crippen molar-refractivity contribution >= 4 is 5.69 Å². The number of rotatable bonds is 9. The van der Waals surface area contributed by atoms with Gasteiger partial charge in [-0.05, 0) is 48.2 Å². The quantitative estimate of drug-likeness (QED) is 0.340. The van der Waals surface area contributed by atoms with E-state index >= 15 is 0 Å². The zero-order valence-electron chi connectivity index (χ0n) is 17.7. The lowest BCUT2D eigenvalue weighted by molar-refractivity contribution is -0.384. The molecule has 1 aromatic heterocycles. The minimum atomic E-state index is -0.354. The molecule has 0 fully saturated rings. The minimum absolute atomic E-state index is 0.115. The lowest BCUT2D eigenvalue weighted by atomic mass is 10.0. The van der Waals surface area contributed by atoms with E-state index in [4.69, 9.17) is 0 Å². The Labute approximate surface area is 176 Å². The standard InChI is InChI=1S/C24H28FN3O2/c1-18(2)19(3)27(16-21-6-4-7-23(14-21)28(29)30)17-24-8-5-13-26(24)15-20-9-11-22(25)12-10-20/h4-14,18-19H,15-17H2,1-3H3/t19-/m1/s1. The molecule has 0 aliphatic carbocycles. The fourth-order valence-electron chi connectivity index (χ4n) is 3.51. The van der Waals surface area contributed by atoms with Crippen LogP contribution in [0.3, 0.4) is 0 Å². The summed E-state index contributed by atoms with van der Waals surface area (Å²) >= 11 is 0. The fraction of sp³-hybridized carbons (Fsp3) is 0.333. The minimum Gasteiger partial charge on any atom is -0.346 e. The van der Waals surface area contributed by atoms with E-state index in [0.717, 1.165) is 23.4 Å². The molecule has 2 aromatic carbocycles. The number of aromatic nitrogens is 1. The van der Waals surface area contributed by atoms with Gasteiger partial charge in [0.15, 0.2) is 0 Å². The first-order chi connectivity index (χ1) is 14.3. The molecule has 0 N–H and O–H groups in total. The Morgan fingerprint density at radius 3 is 2.40 bits per heavy atom. The highest BCUT2D eigenvalue weighted by atomic mass is 19.1. The van der Waals surface area contributed by atoms with Crippen molar-refractivity contribution in [3.63, 3.8) is 0 Å². The molecular formula is C24H28FN3O2. The van der Waals surface area contributed by atoms with Crippen LogP contribution in [-0.4, -0.2) is 20.4 Å². The predicted octanol–water partition coefficient (Wildman–Crippen LogP) is 5.63. The highest BCUT2D eigenvalue weighted by molar-refractivity contribution is 5.34. The fourth-order valence-corrected chi connectivity index (χ4v) is 3.51. The normalized spacial score (nSPS) is 12.5. The molecule has 3 aromatic rings. The average molecular weight is 410 g/mol. The molecule has 1 heterocycles. The highest BCUT2D eigenvalue weighted by Gasteiger charge is 2.20. The lowest BCUT2D eigenvalue weighted by Crippen LogP contribution is -2.36. The van der Waals surface area contributed by atoms with E-state index in [-0.39, 0.29) is 16.4 Å². The number of hydrogen-bond acceptors (Lipinski definition) is 3. The van der Waals surface area contributed by atoms with Crippen LogP contribution in [-0.2, 0) is 19.6 Å². The number of non-ortho nitro benzene ring substituents is 1. The number of nitro benzene ring substituents is 1. The SMILES string of the molecule is CC(C)[C@@H](C)N(Cc1cccc([N+](=O)[O-])c1)Cc1cccn1Cc1ccc(F)cc1. The molecule has 1 atom stereocenters. The Kier molecular flexibility index (Phi) is 7.00. The smallest absolute Gasteiger partial charge is 0.269 e. The molecule has 0 unspecified atom stereocenters. The third-order valence-corrected chi connectivity index (χ3v) is 5.60. The molecule has 30 heavy (non-hydrogen) atoms. The molecule has 0 saturated heterocycles. The molecule has 0 radical (unpaired) electrons. The largest absolute Gasteiger partial charge is 0.346 e. The molecule has 0 bridgehead atoms. The zero-order valence-corrected chi connectivity index (χ0v) is 17.7. The number of benzene rings is 2. The number of nitro groups is 1. The number of hydrogen-bond donors (Lipinski definition) is 0. The van der Waals surface area contributed by atoms with Gasteiger partial charge < -0.3 is 4.57 Å². The van der Waals surface area contributed by atoms with Crippen LogP contribution >= 0.6 is 0 Å². The van der Waals surface area contributed by atoms with Crippen LogP contribution in [0.5, 0.6) is 0 Å². The first-order valence-corrected chi connectivity index (χ1v) is 10.2. The average Bonchev–Trinajstić information content (AvgIpc) is 3.15. The summed E-state index contributed by atoms with van der Waals surface area (Å²) < 4.78 is 15.4. The summed E-state index contributed by atoms with van der Waals surface area (Å²) in [7, 11) is 0. The van der Waals surface area contributed by atoms with Crippen molar-refractivity contribution in [3.05, 3.63) is 99.6 Å². The number of nitrogens with zero attached hydrogens (tertiary/aromatic N) is 3. The van der Waals surface area contributed by atoms with Crippen molar-refractivity contribution < 1.29 is 9.31 Å². The molecule has 6 heteroatoms. The van der Waals surface area contributed by atoms with Crippen LogP contribution in [0.25, 0.3) is 0 Å². The Morgan fingerprint density at radius 2 is 1.73 bits per heavy atom. The van der Waals surface area contributed by atoms with E-state index in [2.05, 4.69) is 36.3 Å². The molecule has 0 aliphatic rings. The van der Waals surface area contributed by atoms with E-state index in [9.17, 15) is 14.5 Å². The monoisotopic (exact) mass is 409 g/mol. The second-order valence-corrected chi connectivity index (χ2v) is 8.07. The molecule has 0 spiro atoms. The van der Waals surface area contributed by atoms with Gasteiger partial charge in [-0.15, -0.1) is 0 Å². The van der Waals surface area contributed by atoms with Gasteiger partial charge in [-0.1, -0.05) is 38.1 Å². The maximum atomic E-state index is 13.2. The predicted molar refractivity (Wildman–Crippen MR) is 117 cm³/mol. The summed E-state index contributed by atoms with van der Waals surface area (Å²) in [6.07, 6.45) is 2.03. The van der Waals surface area contributed by atoms with Gasteiger partial charge in [0.1, 0.15) is 5.82 Å². The third kappa shape index (κ3) is 5.54. The van der Waals surface area contributed by atoms with E-state index in [1.165, 1.54) is 18.2 Å². The zero-order chi connectivity index (χ0) is 21.7. The second-order valence-electron chi connectivity index (χ2n) is 8.07. The van der Waals surface area contributed by atoms with Gasteiger partial charge in [0.25, 0.3) is 5.69 Å². The molecule has 5 nitrogen and oxygen atoms in total. The summed E-state index contributed by atoms with van der Waals surface area (Å²) in [4.78, 5) is 13.1. The van der Waals surface area contributed by atoms with Gasteiger partial charge in [-0.25, -0.2) is 4.39 Å². The van der Waals surface area contributed by atoms with Crippen LogP contribution < -0.4 is 0 Å². The van der Waals surface area contributed by atoms with Gasteiger partial charge in [-0.2, -0.15) is 0 Å². The summed E-state index contributed by atoms with van der Waals surface area (Å²) in [6, 6.07) is 17.8. The van der Waals surface area contributed by atoms with Crippen molar-refractivity contribution in [2.45, 2.75) is 46.4 Å². The summed E-state index contributed by atoms with van der Waals surface area (Å²) in [5, 5.41) is 11.1.